The molecule has 13 heavy (non-hydrogen) atoms. The van der Waals surface area contributed by atoms with Crippen LogP contribution in [0.5, 0.6) is 0 Å². The maximum Gasteiger partial charge on any atom is 0.355 e. The molecule has 1 aromatic rings. The van der Waals surface area contributed by atoms with Gasteiger partial charge in [0.05, 0.1) is 23.3 Å². The molecule has 4 nitrogen and oxygen atoms in total. The van der Waals surface area contributed by atoms with Gasteiger partial charge in [0.15, 0.2) is 0 Å². The Balaban J connectivity index is 3.42. The van der Waals surface area contributed by atoms with Crippen LogP contribution in [0.3, 0.4) is 0 Å². The highest BCUT2D eigenvalue weighted by atomic mass is 79.9. The van der Waals surface area contributed by atoms with E-state index in [2.05, 4.69) is 20.9 Å². The van der Waals surface area contributed by atoms with Gasteiger partial charge in [0.1, 0.15) is 5.69 Å². The number of nitrogens with zero attached hydrogens (tertiary/aromatic N) is 1. The zero-order chi connectivity index (χ0) is 10.0. The van der Waals surface area contributed by atoms with Gasteiger partial charge in [-0.2, -0.15) is 0 Å². The van der Waals surface area contributed by atoms with Gasteiger partial charge < -0.3 is 4.74 Å². The first-order valence-corrected chi connectivity index (χ1v) is 4.26. The Labute approximate surface area is 83.5 Å². The van der Waals surface area contributed by atoms with Gasteiger partial charge in [0, 0.05) is 6.07 Å². The summed E-state index contributed by atoms with van der Waals surface area (Å²) in [7, 11) is 1.27. The van der Waals surface area contributed by atoms with E-state index in [4.69, 9.17) is 0 Å². The molecule has 0 bridgehead atoms. The molecule has 5 heteroatoms. The first-order valence-electron chi connectivity index (χ1n) is 3.55. The quantitative estimate of drug-likeness (QED) is 0.697. The van der Waals surface area contributed by atoms with E-state index >= 15 is 0 Å². The lowest BCUT2D eigenvalue weighted by Gasteiger charge is -2.06. The smallest absolute Gasteiger partial charge is 0.355 e. The van der Waals surface area contributed by atoms with Gasteiger partial charge in [-0.15, -0.1) is 0 Å². The molecule has 0 aliphatic rings. The summed E-state index contributed by atoms with van der Waals surface area (Å²) < 4.78 is 5.62. The van der Waals surface area contributed by atoms with Crippen LogP contribution >= 0.6 is 16.1 Å². The van der Waals surface area contributed by atoms with Gasteiger partial charge in [-0.3, -0.25) is 4.79 Å². The molecule has 0 saturated heterocycles. The number of aryl methyl sites for hydroxylation is 1. The lowest BCUT2D eigenvalue weighted by molar-refractivity contribution is 0.0591. The molecule has 0 N–H and O–H groups in total. The topological polar surface area (TPSA) is 48.3 Å². The summed E-state index contributed by atoms with van der Waals surface area (Å²) in [4.78, 5) is 22.3. The van der Waals surface area contributed by atoms with Crippen LogP contribution in [0, 0.1) is 6.92 Å². The van der Waals surface area contributed by atoms with Crippen LogP contribution in [0.15, 0.2) is 16.9 Å². The van der Waals surface area contributed by atoms with Crippen LogP contribution < -0.4 is 5.56 Å². The van der Waals surface area contributed by atoms with Crippen LogP contribution in [0.25, 0.3) is 0 Å². The van der Waals surface area contributed by atoms with Crippen LogP contribution in [-0.4, -0.2) is 16.7 Å². The second-order valence-electron chi connectivity index (χ2n) is 2.48. The minimum atomic E-state index is -0.535. The van der Waals surface area contributed by atoms with Gasteiger partial charge in [-0.05, 0) is 12.5 Å². The lowest BCUT2D eigenvalue weighted by Crippen LogP contribution is -2.20. The van der Waals surface area contributed by atoms with E-state index in [0.29, 0.717) is 5.56 Å². The fourth-order valence-electron chi connectivity index (χ4n) is 0.943. The molecule has 0 aliphatic heterocycles. The molecule has 70 valence electrons. The summed E-state index contributed by atoms with van der Waals surface area (Å²) in [6, 6.07) is 2.95. The number of rotatable bonds is 1. The minimum Gasteiger partial charge on any atom is -0.464 e. The van der Waals surface area contributed by atoms with Gasteiger partial charge in [0.2, 0.25) is 0 Å². The van der Waals surface area contributed by atoms with Crippen molar-refractivity contribution in [1.82, 2.24) is 3.59 Å². The number of carbonyl (C=O) groups is 1. The van der Waals surface area contributed by atoms with Crippen molar-refractivity contribution in [2.45, 2.75) is 6.92 Å². The third kappa shape index (κ3) is 1.80. The van der Waals surface area contributed by atoms with Crippen LogP contribution in [0.1, 0.15) is 16.1 Å². The Bertz CT molecular complexity index is 397. The van der Waals surface area contributed by atoms with E-state index in [1.165, 1.54) is 13.2 Å². The monoisotopic (exact) mass is 245 g/mol. The number of halogens is 1. The fraction of sp³-hybridized carbons (Fsp3) is 0.250. The number of methoxy groups -OCH3 is 1. The molecule has 0 radical (unpaired) electrons. The van der Waals surface area contributed by atoms with Crippen molar-refractivity contribution in [3.8, 4) is 0 Å². The zero-order valence-electron chi connectivity index (χ0n) is 7.20. The van der Waals surface area contributed by atoms with Gasteiger partial charge in [-0.1, -0.05) is 6.07 Å². The van der Waals surface area contributed by atoms with Crippen molar-refractivity contribution >= 4 is 22.1 Å². The van der Waals surface area contributed by atoms with Crippen LogP contribution in [-0.2, 0) is 4.74 Å². The summed E-state index contributed by atoms with van der Waals surface area (Å²) in [6.45, 7) is 1.73. The highest BCUT2D eigenvalue weighted by Gasteiger charge is 2.14. The number of ether oxygens (including phenoxy) is 1. The predicted molar refractivity (Wildman–Crippen MR) is 51.1 cm³/mol. The molecule has 1 heterocycles. The number of pyridine rings is 1. The van der Waals surface area contributed by atoms with Crippen molar-refractivity contribution in [3.63, 3.8) is 0 Å². The van der Waals surface area contributed by atoms with Crippen LogP contribution in [0.2, 0.25) is 0 Å². The molecule has 0 amide bonds. The second kappa shape index (κ2) is 3.74. The first kappa shape index (κ1) is 9.98. The molecule has 0 saturated carbocycles. The zero-order valence-corrected chi connectivity index (χ0v) is 8.79. The summed E-state index contributed by atoms with van der Waals surface area (Å²) in [6.07, 6.45) is 0. The maximum atomic E-state index is 11.2. The number of carbonyl (C=O) groups excluding carboxylic acids is 1. The fourth-order valence-corrected chi connectivity index (χ4v) is 1.49. The molecule has 0 spiro atoms. The first-order chi connectivity index (χ1) is 6.07. The van der Waals surface area contributed by atoms with Crippen molar-refractivity contribution in [2.24, 2.45) is 0 Å². The lowest BCUT2D eigenvalue weighted by atomic mass is 10.2. The SMILES string of the molecule is COC(=O)c1c(C)ccc(=O)n1Br. The Kier molecular flexibility index (Phi) is 2.87. The van der Waals surface area contributed by atoms with Crippen molar-refractivity contribution in [1.29, 1.82) is 0 Å². The highest BCUT2D eigenvalue weighted by molar-refractivity contribution is 9.08. The Morgan fingerprint density at radius 3 is 2.69 bits per heavy atom. The minimum absolute atomic E-state index is 0.218. The number of esters is 1. The summed E-state index contributed by atoms with van der Waals surface area (Å²) in [5.41, 5.74) is 0.601. The number of hydrogen-bond acceptors (Lipinski definition) is 3. The van der Waals surface area contributed by atoms with E-state index in [-0.39, 0.29) is 11.3 Å². The summed E-state index contributed by atoms with van der Waals surface area (Å²) >= 11 is 2.98. The molecule has 1 aromatic heterocycles. The number of aromatic nitrogens is 1. The molecule has 0 aromatic carbocycles. The van der Waals surface area contributed by atoms with E-state index in [0.717, 1.165) is 3.59 Å². The average Bonchev–Trinajstić information content (AvgIpc) is 2.12. The molecule has 0 unspecified atom stereocenters. The maximum absolute atomic E-state index is 11.2. The third-order valence-electron chi connectivity index (χ3n) is 1.62. The van der Waals surface area contributed by atoms with Crippen molar-refractivity contribution < 1.29 is 9.53 Å². The molecular weight excluding hydrogens is 238 g/mol. The van der Waals surface area contributed by atoms with E-state index in [9.17, 15) is 9.59 Å². The van der Waals surface area contributed by atoms with E-state index < -0.39 is 5.97 Å². The van der Waals surface area contributed by atoms with Gasteiger partial charge in [0.25, 0.3) is 5.56 Å². The summed E-state index contributed by atoms with van der Waals surface area (Å²) in [5, 5.41) is 0. The largest absolute Gasteiger partial charge is 0.464 e. The molecule has 0 atom stereocenters. The molecule has 0 aliphatic carbocycles. The van der Waals surface area contributed by atoms with Crippen molar-refractivity contribution in [3.05, 3.63) is 33.7 Å². The van der Waals surface area contributed by atoms with E-state index in [1.54, 1.807) is 13.0 Å². The van der Waals surface area contributed by atoms with Crippen molar-refractivity contribution in [2.75, 3.05) is 7.11 Å². The molecule has 0 fully saturated rings. The third-order valence-corrected chi connectivity index (χ3v) is 2.32. The molecular formula is C8H8BrNO3. The standard InChI is InChI=1S/C8H8BrNO3/c1-5-3-4-6(11)10(9)7(5)8(12)13-2/h3-4H,1-2H3. The Hall–Kier alpha value is -1.10. The van der Waals surface area contributed by atoms with E-state index in [1.807, 2.05) is 0 Å². The average molecular weight is 246 g/mol. The second-order valence-corrected chi connectivity index (χ2v) is 3.18. The van der Waals surface area contributed by atoms with Gasteiger partial charge in [-0.25, -0.2) is 8.39 Å². The number of hydrogen-bond donors (Lipinski definition) is 0. The Morgan fingerprint density at radius 1 is 1.54 bits per heavy atom. The Morgan fingerprint density at radius 2 is 2.15 bits per heavy atom. The predicted octanol–water partition coefficient (Wildman–Crippen LogP) is 1.10. The van der Waals surface area contributed by atoms with Gasteiger partial charge >= 0.3 is 5.97 Å². The molecule has 1 rings (SSSR count). The normalized spacial score (nSPS) is 9.77. The van der Waals surface area contributed by atoms with Crippen LogP contribution in [0.4, 0.5) is 0 Å². The highest BCUT2D eigenvalue weighted by Crippen LogP contribution is 2.08. The summed E-state index contributed by atoms with van der Waals surface area (Å²) in [5.74, 6) is -0.535.